The molecular weight excluding hydrogens is 310 g/mol. The van der Waals surface area contributed by atoms with Gasteiger partial charge in [0.1, 0.15) is 0 Å². The molecule has 0 amide bonds. The Morgan fingerprint density at radius 2 is 1.42 bits per heavy atom. The molecule has 3 N–H and O–H groups in total. The Morgan fingerprint density at radius 1 is 0.958 bits per heavy atom. The summed E-state index contributed by atoms with van der Waals surface area (Å²) in [6.07, 6.45) is 4.26. The molecule has 0 radical (unpaired) electrons. The fourth-order valence-corrected chi connectivity index (χ4v) is 3.38. The second kappa shape index (κ2) is 6.92. The van der Waals surface area contributed by atoms with E-state index >= 15 is 0 Å². The van der Waals surface area contributed by atoms with Gasteiger partial charge in [-0.15, -0.1) is 0 Å². The van der Waals surface area contributed by atoms with Gasteiger partial charge in [-0.1, -0.05) is 0 Å². The third-order valence-electron chi connectivity index (χ3n) is 4.46. The fourth-order valence-electron chi connectivity index (χ4n) is 3.38. The summed E-state index contributed by atoms with van der Waals surface area (Å²) < 4.78 is 0. The first-order chi connectivity index (χ1) is 11.5. The van der Waals surface area contributed by atoms with E-state index < -0.39 is 11.9 Å². The summed E-state index contributed by atoms with van der Waals surface area (Å²) in [5.74, 6) is -0.764. The molecule has 126 valence electrons. The van der Waals surface area contributed by atoms with E-state index in [1.165, 1.54) is 17.5 Å². The number of aliphatic carboxylic acids is 2. The van der Waals surface area contributed by atoms with Crippen LogP contribution in [0.4, 0.5) is 0 Å². The van der Waals surface area contributed by atoms with Crippen LogP contribution in [0.2, 0.25) is 0 Å². The van der Waals surface area contributed by atoms with E-state index in [0.717, 1.165) is 24.1 Å². The van der Waals surface area contributed by atoms with Crippen LogP contribution in [-0.4, -0.2) is 45.2 Å². The van der Waals surface area contributed by atoms with Crippen molar-refractivity contribution in [2.24, 2.45) is 0 Å². The van der Waals surface area contributed by atoms with Crippen LogP contribution >= 0.6 is 0 Å². The molecule has 1 aliphatic carbocycles. The maximum atomic E-state index is 9.64. The minimum absolute atomic E-state index is 0.296. The molecule has 24 heavy (non-hydrogen) atoms. The van der Waals surface area contributed by atoms with Gasteiger partial charge in [0.25, 0.3) is 0 Å². The average Bonchev–Trinajstić information content (AvgIpc) is 2.82. The first kappa shape index (κ1) is 16.3. The number of hydrogen-bond acceptors (Lipinski definition) is 5. The molecule has 2 heterocycles. The lowest BCUT2D eigenvalue weighted by atomic mass is 9.98. The van der Waals surface area contributed by atoms with Crippen molar-refractivity contribution in [1.29, 1.82) is 0 Å². The highest BCUT2D eigenvalue weighted by atomic mass is 16.4. The van der Waals surface area contributed by atoms with Gasteiger partial charge in [0, 0.05) is 25.5 Å². The second-order valence-corrected chi connectivity index (χ2v) is 6.10. The van der Waals surface area contributed by atoms with Gasteiger partial charge in [0.2, 0.25) is 0 Å². The molecule has 7 nitrogen and oxygen atoms in total. The zero-order chi connectivity index (χ0) is 17.1. The summed E-state index contributed by atoms with van der Waals surface area (Å²) in [5.41, 5.74) is 5.08. The summed E-state index contributed by atoms with van der Waals surface area (Å²) in [6.45, 7) is 2.24. The van der Waals surface area contributed by atoms with Crippen LogP contribution in [0.5, 0.6) is 0 Å². The highest BCUT2D eigenvalue weighted by Gasteiger charge is 2.34. The monoisotopic (exact) mass is 329 g/mol. The van der Waals surface area contributed by atoms with Crippen LogP contribution in [0.25, 0.3) is 11.0 Å². The Labute approximate surface area is 138 Å². The Hall–Kier alpha value is -2.54. The fraction of sp³-hybridized carbons (Fsp3) is 0.412. The van der Waals surface area contributed by atoms with Crippen molar-refractivity contribution in [3.63, 3.8) is 0 Å². The van der Waals surface area contributed by atoms with E-state index in [-0.39, 0.29) is 12.8 Å². The summed E-state index contributed by atoms with van der Waals surface area (Å²) in [5, 5.41) is 19.3. The molecular formula is C17H19N3O4. The zero-order valence-electron chi connectivity index (χ0n) is 13.1. The van der Waals surface area contributed by atoms with Gasteiger partial charge >= 0.3 is 11.9 Å². The van der Waals surface area contributed by atoms with Crippen molar-refractivity contribution in [3.05, 3.63) is 35.7 Å². The van der Waals surface area contributed by atoms with Crippen LogP contribution in [0.3, 0.4) is 0 Å². The standard InChI is InChI=1S/C13H13N3.C4H6O4/c1-2-16-13-5-11-9-3-8(6-14-7-9)10(11)4-12(13)15-1;5-3(6)1-2-4(7)8/h1-2,4-5,8-9,14H,3,6-7H2;1-2H2,(H,5,6)(H,7,8). The highest BCUT2D eigenvalue weighted by molar-refractivity contribution is 5.77. The first-order valence-corrected chi connectivity index (χ1v) is 7.93. The number of nitrogens with one attached hydrogen (secondary N) is 1. The molecule has 4 rings (SSSR count). The van der Waals surface area contributed by atoms with Gasteiger partial charge < -0.3 is 15.5 Å². The van der Waals surface area contributed by atoms with Crippen molar-refractivity contribution in [2.45, 2.75) is 31.1 Å². The number of aromatic nitrogens is 2. The minimum atomic E-state index is -1.08. The number of hydrogen-bond donors (Lipinski definition) is 3. The van der Waals surface area contributed by atoms with Gasteiger partial charge in [0.15, 0.2) is 0 Å². The number of rotatable bonds is 3. The van der Waals surface area contributed by atoms with Crippen LogP contribution in [0.15, 0.2) is 24.5 Å². The molecule has 2 aromatic rings. The van der Waals surface area contributed by atoms with Crippen molar-refractivity contribution in [2.75, 3.05) is 13.1 Å². The van der Waals surface area contributed by atoms with Crippen molar-refractivity contribution in [3.8, 4) is 0 Å². The van der Waals surface area contributed by atoms with Crippen molar-refractivity contribution in [1.82, 2.24) is 15.3 Å². The van der Waals surface area contributed by atoms with Gasteiger partial charge in [0.05, 0.1) is 23.9 Å². The van der Waals surface area contributed by atoms with E-state index in [1.807, 2.05) is 0 Å². The van der Waals surface area contributed by atoms with E-state index in [1.54, 1.807) is 12.4 Å². The van der Waals surface area contributed by atoms with Crippen molar-refractivity contribution >= 4 is 23.0 Å². The SMILES string of the molecule is O=C(O)CCC(=O)O.c1cnc2cc3c(cc2n1)C1CNCC3C1. The Balaban J connectivity index is 0.000000183. The number of fused-ring (bicyclic) bond motifs is 6. The quantitative estimate of drug-likeness (QED) is 0.786. The summed E-state index contributed by atoms with van der Waals surface area (Å²) >= 11 is 0. The van der Waals surface area contributed by atoms with Crippen LogP contribution in [-0.2, 0) is 9.59 Å². The minimum Gasteiger partial charge on any atom is -0.481 e. The molecule has 1 aliphatic heterocycles. The van der Waals surface area contributed by atoms with Gasteiger partial charge in [-0.25, -0.2) is 0 Å². The lowest BCUT2D eigenvalue weighted by molar-refractivity contribution is -0.143. The van der Waals surface area contributed by atoms with Crippen molar-refractivity contribution < 1.29 is 19.8 Å². The molecule has 2 bridgehead atoms. The normalized spacial score (nSPS) is 20.8. The largest absolute Gasteiger partial charge is 0.481 e. The summed E-state index contributed by atoms with van der Waals surface area (Å²) in [7, 11) is 0. The smallest absolute Gasteiger partial charge is 0.303 e. The molecule has 2 aliphatic rings. The molecule has 2 atom stereocenters. The van der Waals surface area contributed by atoms with Crippen LogP contribution < -0.4 is 5.32 Å². The van der Waals surface area contributed by atoms with E-state index in [2.05, 4.69) is 27.4 Å². The zero-order valence-corrected chi connectivity index (χ0v) is 13.1. The lowest BCUT2D eigenvalue weighted by Crippen LogP contribution is -2.28. The second-order valence-electron chi connectivity index (χ2n) is 6.10. The number of benzene rings is 1. The lowest BCUT2D eigenvalue weighted by Gasteiger charge is -2.19. The summed E-state index contributed by atoms with van der Waals surface area (Å²) in [6, 6.07) is 4.49. The predicted octanol–water partition coefficient (Wildman–Crippen LogP) is 1.74. The molecule has 2 unspecified atom stereocenters. The Kier molecular flexibility index (Phi) is 4.71. The molecule has 1 aromatic carbocycles. The van der Waals surface area contributed by atoms with Crippen LogP contribution in [0.1, 0.15) is 42.2 Å². The Bertz CT molecular complexity index is 715. The molecule has 7 heteroatoms. The van der Waals surface area contributed by atoms with Gasteiger partial charge in [-0.2, -0.15) is 0 Å². The van der Waals surface area contributed by atoms with Gasteiger partial charge in [-0.05, 0) is 41.5 Å². The predicted molar refractivity (Wildman–Crippen MR) is 87.0 cm³/mol. The van der Waals surface area contributed by atoms with E-state index in [0.29, 0.717) is 11.8 Å². The topological polar surface area (TPSA) is 112 Å². The number of carboxylic acids is 2. The number of nitrogens with zero attached hydrogens (tertiary/aromatic N) is 2. The number of carboxylic acid groups (broad SMARTS) is 2. The van der Waals surface area contributed by atoms with Gasteiger partial charge in [-0.3, -0.25) is 19.6 Å². The maximum absolute atomic E-state index is 9.64. The van der Waals surface area contributed by atoms with E-state index in [9.17, 15) is 9.59 Å². The van der Waals surface area contributed by atoms with Crippen LogP contribution in [0, 0.1) is 0 Å². The first-order valence-electron chi connectivity index (χ1n) is 7.93. The maximum Gasteiger partial charge on any atom is 0.303 e. The average molecular weight is 329 g/mol. The highest BCUT2D eigenvalue weighted by Crippen LogP contribution is 2.44. The number of carbonyl (C=O) groups is 2. The summed E-state index contributed by atoms with van der Waals surface area (Å²) in [4.78, 5) is 28.1. The molecule has 0 saturated carbocycles. The van der Waals surface area contributed by atoms with E-state index in [4.69, 9.17) is 10.2 Å². The molecule has 0 spiro atoms. The Morgan fingerprint density at radius 3 is 1.83 bits per heavy atom. The third kappa shape index (κ3) is 3.51. The molecule has 1 saturated heterocycles. The third-order valence-corrected chi connectivity index (χ3v) is 4.46. The number of piperidine rings is 1. The molecule has 1 fully saturated rings. The molecule has 1 aromatic heterocycles.